The van der Waals surface area contributed by atoms with Crippen molar-refractivity contribution in [2.75, 3.05) is 26.4 Å². The molecule has 6 aromatic rings. The summed E-state index contributed by atoms with van der Waals surface area (Å²) in [6, 6.07) is 0. The van der Waals surface area contributed by atoms with E-state index in [-0.39, 0.29) is 41.9 Å². The van der Waals surface area contributed by atoms with Gasteiger partial charge in [-0.3, -0.25) is 27.9 Å². The Hall–Kier alpha value is -7.80. The number of alkyl halides is 16. The van der Waals surface area contributed by atoms with E-state index in [4.69, 9.17) is 18.9 Å². The molecule has 15 atom stereocenters. The predicted octanol–water partition coefficient (Wildman–Crippen LogP) is -2.10. The van der Waals surface area contributed by atoms with Crippen molar-refractivity contribution in [1.29, 1.82) is 0 Å². The molecule has 9 N–H and O–H groups in total. The summed E-state index contributed by atoms with van der Waals surface area (Å²) in [4.78, 5) is 54.0. The van der Waals surface area contributed by atoms with Crippen molar-refractivity contribution in [2.24, 2.45) is 0 Å². The van der Waals surface area contributed by atoms with Gasteiger partial charge in [0.25, 0.3) is 11.1 Å². The molecule has 0 spiro atoms. The summed E-state index contributed by atoms with van der Waals surface area (Å²) in [6.45, 7) is -10.5. The van der Waals surface area contributed by atoms with Crippen LogP contribution >= 0.6 is 0 Å². The van der Waals surface area contributed by atoms with Crippen LogP contribution < -0.4 is 22.5 Å². The first-order chi connectivity index (χ1) is 48.9. The van der Waals surface area contributed by atoms with Crippen LogP contribution in [0.2, 0.25) is 0 Å². The van der Waals surface area contributed by atoms with E-state index in [2.05, 4.69) is 50.7 Å². The third-order valence-corrected chi connectivity index (χ3v) is 17.6. The summed E-state index contributed by atoms with van der Waals surface area (Å²) in [6.07, 6.45) is -17.4. The van der Waals surface area contributed by atoms with Gasteiger partial charge in [0, 0.05) is 29.9 Å². The molecule has 4 aliphatic heterocycles. The number of aliphatic hydroxyl groups is 9. The maximum Gasteiger partial charge on any atom is 0.385 e. The van der Waals surface area contributed by atoms with Crippen LogP contribution in [0.3, 0.4) is 0 Å². The lowest BCUT2D eigenvalue weighted by Crippen LogP contribution is -2.75. The first-order valence-electron chi connectivity index (χ1n) is 30.9. The molecule has 0 bridgehead atoms. The fraction of sp³-hybridized carbons (Fsp3) is 0.704. The largest absolute Gasteiger partial charge is 0.394 e. The third kappa shape index (κ3) is 14.4. The number of hydrogen-bond acceptors (Lipinski definition) is 27. The molecule has 0 amide bonds. The maximum absolute atomic E-state index is 14.9. The molecule has 105 heavy (non-hydrogen) atoms. The SMILES string of the molecule is Cc1cn([C@H]2CC[C@@H](Cn3cc(COCC(F)(F)C(F)(F)C(F)(F)C(F)(F)C(F)(F)C(F)(F)C(F)(F)C(F)(F)COCc4cn(C[C@H]5O[C@@H](n6cc(C)c(=O)n(Cc7cnnn7C7OC(CO)C(O)C(O)C7O)c6=O)C[C@H]5O)nn4)nn3)O2)c(=O)n(Cc2cn(C3OC(CO)C(O)C(O)C3O)nn2)c1=O. The summed E-state index contributed by atoms with van der Waals surface area (Å²) in [7, 11) is 0. The molecule has 51 heteroatoms. The monoisotopic (exact) mass is 1540 g/mol. The van der Waals surface area contributed by atoms with Gasteiger partial charge in [-0.05, 0) is 26.7 Å². The Labute approximate surface area is 573 Å². The number of rotatable bonds is 29. The number of nitrogens with zero attached hydrogens (tertiary/aromatic N) is 16. The highest BCUT2D eigenvalue weighted by Gasteiger charge is 2.95. The van der Waals surface area contributed by atoms with Crippen molar-refractivity contribution >= 4 is 0 Å². The molecule has 10 rings (SSSR count). The number of aryl methyl sites for hydroxylation is 2. The van der Waals surface area contributed by atoms with Crippen LogP contribution in [0.15, 0.2) is 56.4 Å². The van der Waals surface area contributed by atoms with Gasteiger partial charge in [0.05, 0.1) is 95.3 Å². The summed E-state index contributed by atoms with van der Waals surface area (Å²) in [5, 5.41) is 121. The van der Waals surface area contributed by atoms with Crippen molar-refractivity contribution in [1.82, 2.24) is 78.2 Å². The molecule has 4 aliphatic rings. The van der Waals surface area contributed by atoms with Gasteiger partial charge >= 0.3 is 58.8 Å². The van der Waals surface area contributed by atoms with Crippen LogP contribution in [-0.2, 0) is 67.8 Å². The molecular weight excluding hydrogens is 1480 g/mol. The fourth-order valence-corrected chi connectivity index (χ4v) is 11.7. The quantitative estimate of drug-likeness (QED) is 0.0227. The highest BCUT2D eigenvalue weighted by atomic mass is 19.4. The molecule has 584 valence electrons. The molecule has 35 nitrogen and oxygen atoms in total. The van der Waals surface area contributed by atoms with Gasteiger partial charge in [0.15, 0.2) is 12.5 Å². The summed E-state index contributed by atoms with van der Waals surface area (Å²) >= 11 is 0. The second kappa shape index (κ2) is 29.4. The van der Waals surface area contributed by atoms with E-state index in [0.29, 0.717) is 4.57 Å². The molecule has 0 aromatic carbocycles. The standard InChI is InChI=1S/C54H62F16N16O19/c1-22-7-81(45(98)83(41(22)96)11-24-12-85(78-72-24)43-39(94)37(92)35(90)31(16-87)104-43)33-4-3-28(102-33)14-79-9-25(73-76-79)18-100-20-47(55,56)49(59,60)51(63,64)53(67,68)54(69,70)52(65,66)50(61,62)48(57,58)21-101-19-26-10-80(77-74-26)15-30-29(89)5-34(103-30)82-8-23(2)42(97)84(46(82)99)13-27-6-71-75-86(27)44-40(95)38(93)36(91)32(17-88)105-44/h6-10,12,28-40,43-44,87-95H,3-5,11,13-21H2,1-2H3/t28-,29+,30+,31?,32?,33+,34+,35?,36?,37?,38?,39?,40?,43?,44?/m0/s1. The number of aromatic nitrogens is 16. The van der Waals surface area contributed by atoms with E-state index in [1.165, 1.54) is 13.8 Å². The van der Waals surface area contributed by atoms with Crippen LogP contribution in [0.5, 0.6) is 0 Å². The number of hydrogen-bond donors (Lipinski definition) is 9. The van der Waals surface area contributed by atoms with Gasteiger partial charge in [-0.2, -0.15) is 70.2 Å². The molecular formula is C54H62F16N16O19. The smallest absolute Gasteiger partial charge is 0.385 e. The lowest BCUT2D eigenvalue weighted by Gasteiger charge is -2.43. The maximum atomic E-state index is 14.9. The molecule has 0 saturated carbocycles. The van der Waals surface area contributed by atoms with E-state index in [9.17, 15) is 135 Å². The van der Waals surface area contributed by atoms with Gasteiger partial charge in [0.1, 0.15) is 97.7 Å². The lowest BCUT2D eigenvalue weighted by atomic mass is 9.88. The van der Waals surface area contributed by atoms with Crippen LogP contribution in [0.25, 0.3) is 0 Å². The number of ether oxygens (including phenoxy) is 6. The van der Waals surface area contributed by atoms with Crippen LogP contribution in [-0.4, -0.2) is 265 Å². The first kappa shape index (κ1) is 79.8. The number of aliphatic hydroxyl groups excluding tert-OH is 9. The molecule has 4 fully saturated rings. The minimum absolute atomic E-state index is 0.00363. The molecule has 6 aromatic heterocycles. The van der Waals surface area contributed by atoms with E-state index in [0.717, 1.165) is 69.6 Å². The van der Waals surface area contributed by atoms with Gasteiger partial charge in [0.2, 0.25) is 0 Å². The minimum Gasteiger partial charge on any atom is -0.394 e. The second-order valence-electron chi connectivity index (χ2n) is 25.0. The molecule has 0 aliphatic carbocycles. The average molecular weight is 1540 g/mol. The second-order valence-corrected chi connectivity index (χ2v) is 25.0. The third-order valence-electron chi connectivity index (χ3n) is 17.6. The average Bonchev–Trinajstić information content (AvgIpc) is 1.54. The van der Waals surface area contributed by atoms with E-state index in [1.807, 2.05) is 0 Å². The van der Waals surface area contributed by atoms with E-state index in [1.54, 1.807) is 0 Å². The molecule has 4 saturated heterocycles. The highest BCUT2D eigenvalue weighted by Crippen LogP contribution is 2.64. The van der Waals surface area contributed by atoms with Gasteiger partial charge in [-0.1, -0.05) is 20.9 Å². The van der Waals surface area contributed by atoms with Crippen molar-refractivity contribution < 1.29 is 145 Å². The predicted molar refractivity (Wildman–Crippen MR) is 302 cm³/mol. The van der Waals surface area contributed by atoms with Crippen LogP contribution in [0.1, 0.15) is 78.1 Å². The Bertz CT molecular complexity index is 4310. The zero-order valence-corrected chi connectivity index (χ0v) is 53.6. The summed E-state index contributed by atoms with van der Waals surface area (Å²) in [5.41, 5.74) is -5.40. The molecule has 0 radical (unpaired) electrons. The molecule has 10 heterocycles. The van der Waals surface area contributed by atoms with Gasteiger partial charge < -0.3 is 74.4 Å². The molecule has 10 unspecified atom stereocenters. The topological polar surface area (TPSA) is 448 Å². The lowest BCUT2D eigenvalue weighted by molar-refractivity contribution is -0.455. The minimum atomic E-state index is -8.77. The van der Waals surface area contributed by atoms with E-state index < -0.39 is 239 Å². The van der Waals surface area contributed by atoms with Crippen molar-refractivity contribution in [3.63, 3.8) is 0 Å². The Balaban J connectivity index is 0.706. The van der Waals surface area contributed by atoms with E-state index >= 15 is 0 Å². The summed E-state index contributed by atoms with van der Waals surface area (Å²) in [5.74, 6) is -64.3. The van der Waals surface area contributed by atoms with Gasteiger partial charge in [-0.25, -0.2) is 28.3 Å². The van der Waals surface area contributed by atoms with Crippen molar-refractivity contribution in [3.05, 3.63) is 113 Å². The first-order valence-corrected chi connectivity index (χ1v) is 30.9. The number of halogens is 16. The zero-order chi connectivity index (χ0) is 77.4. The van der Waals surface area contributed by atoms with Crippen molar-refractivity contribution in [2.45, 2.75) is 212 Å². The Morgan fingerprint density at radius 1 is 0.486 bits per heavy atom. The highest BCUT2D eigenvalue weighted by molar-refractivity contribution is 5.17. The normalized spacial score (nSPS) is 27.1. The van der Waals surface area contributed by atoms with Crippen LogP contribution in [0, 0.1) is 13.8 Å². The van der Waals surface area contributed by atoms with Crippen LogP contribution in [0.4, 0.5) is 70.2 Å². The zero-order valence-electron chi connectivity index (χ0n) is 53.6. The van der Waals surface area contributed by atoms with Gasteiger partial charge in [-0.15, -0.1) is 20.4 Å². The fourth-order valence-electron chi connectivity index (χ4n) is 11.7. The Kier molecular flexibility index (Phi) is 22.3. The van der Waals surface area contributed by atoms with Crippen molar-refractivity contribution in [3.8, 4) is 0 Å². The summed E-state index contributed by atoms with van der Waals surface area (Å²) < 4.78 is 276. The Morgan fingerprint density at radius 2 is 0.943 bits per heavy atom. The Morgan fingerprint density at radius 3 is 1.46 bits per heavy atom.